The van der Waals surface area contributed by atoms with Crippen LogP contribution in [-0.2, 0) is 0 Å². The van der Waals surface area contributed by atoms with Gasteiger partial charge in [0, 0.05) is 24.8 Å². The average molecular weight is 250 g/mol. The fourth-order valence-electron chi connectivity index (χ4n) is 1.98. The number of anilines is 1. The van der Waals surface area contributed by atoms with E-state index >= 15 is 0 Å². The van der Waals surface area contributed by atoms with Crippen molar-refractivity contribution in [2.75, 3.05) is 31.6 Å². The molecule has 0 bridgehead atoms. The molecular formula is C15H26N2O. The van der Waals surface area contributed by atoms with Gasteiger partial charge in [0.25, 0.3) is 0 Å². The molecule has 0 spiro atoms. The third kappa shape index (κ3) is 4.31. The first-order valence-electron chi connectivity index (χ1n) is 6.86. The molecule has 0 saturated carbocycles. The lowest BCUT2D eigenvalue weighted by molar-refractivity contribution is 0.301. The summed E-state index contributed by atoms with van der Waals surface area (Å²) >= 11 is 0. The summed E-state index contributed by atoms with van der Waals surface area (Å²) in [4.78, 5) is 2.25. The Labute approximate surface area is 111 Å². The van der Waals surface area contributed by atoms with Gasteiger partial charge in [0.2, 0.25) is 0 Å². The summed E-state index contributed by atoms with van der Waals surface area (Å²) in [6, 6.07) is 8.99. The number of aliphatic hydroxyl groups is 1. The van der Waals surface area contributed by atoms with Crippen LogP contribution in [0.4, 0.5) is 5.69 Å². The molecule has 0 radical (unpaired) electrons. The molecule has 3 nitrogen and oxygen atoms in total. The molecule has 0 heterocycles. The Kier molecular flexibility index (Phi) is 6.76. The number of rotatable bonds is 8. The van der Waals surface area contributed by atoms with Gasteiger partial charge in [0.05, 0.1) is 6.61 Å². The van der Waals surface area contributed by atoms with E-state index in [9.17, 15) is 0 Å². The molecule has 1 aromatic carbocycles. The summed E-state index contributed by atoms with van der Waals surface area (Å²) in [6.07, 6.45) is 2.34. The van der Waals surface area contributed by atoms with Crippen LogP contribution in [0, 0.1) is 0 Å². The minimum Gasteiger partial charge on any atom is -0.395 e. The van der Waals surface area contributed by atoms with Crippen LogP contribution >= 0.6 is 0 Å². The van der Waals surface area contributed by atoms with E-state index in [0.717, 1.165) is 13.0 Å². The molecule has 0 aromatic heterocycles. The number of hydrogen-bond acceptors (Lipinski definition) is 3. The first-order chi connectivity index (χ1) is 8.72. The van der Waals surface area contributed by atoms with Crippen LogP contribution in [0.3, 0.4) is 0 Å². The van der Waals surface area contributed by atoms with Crippen LogP contribution in [-0.4, -0.2) is 31.9 Å². The first kappa shape index (κ1) is 15.0. The highest BCUT2D eigenvalue weighted by Crippen LogP contribution is 2.19. The normalized spacial score (nSPS) is 12.4. The van der Waals surface area contributed by atoms with Crippen LogP contribution in [0.1, 0.15) is 38.3 Å². The van der Waals surface area contributed by atoms with Crippen LogP contribution in [0.15, 0.2) is 24.3 Å². The third-order valence-corrected chi connectivity index (χ3v) is 3.34. The number of unbranched alkanes of at least 4 members (excludes halogenated alkanes) is 1. The van der Waals surface area contributed by atoms with E-state index in [-0.39, 0.29) is 6.61 Å². The highest BCUT2D eigenvalue weighted by atomic mass is 16.3. The second-order valence-electron chi connectivity index (χ2n) is 4.67. The second-order valence-corrected chi connectivity index (χ2v) is 4.67. The van der Waals surface area contributed by atoms with Crippen molar-refractivity contribution in [2.45, 2.75) is 32.7 Å². The molecule has 3 heteroatoms. The van der Waals surface area contributed by atoms with E-state index in [2.05, 4.69) is 48.3 Å². The molecule has 0 aliphatic carbocycles. The lowest BCUT2D eigenvalue weighted by Crippen LogP contribution is -2.27. The highest BCUT2D eigenvalue weighted by Gasteiger charge is 2.07. The SMILES string of the molecule is CCCCN(CCO)c1ccc(C(C)NC)cc1. The van der Waals surface area contributed by atoms with E-state index < -0.39 is 0 Å². The van der Waals surface area contributed by atoms with Gasteiger partial charge in [-0.05, 0) is 38.1 Å². The highest BCUT2D eigenvalue weighted by molar-refractivity contribution is 5.48. The van der Waals surface area contributed by atoms with E-state index in [0.29, 0.717) is 12.6 Å². The monoisotopic (exact) mass is 250 g/mol. The van der Waals surface area contributed by atoms with Gasteiger partial charge in [-0.3, -0.25) is 0 Å². The quantitative estimate of drug-likeness (QED) is 0.744. The Morgan fingerprint density at radius 2 is 1.89 bits per heavy atom. The molecule has 0 saturated heterocycles. The Morgan fingerprint density at radius 3 is 2.39 bits per heavy atom. The fraction of sp³-hybridized carbons (Fsp3) is 0.600. The Morgan fingerprint density at radius 1 is 1.22 bits per heavy atom. The summed E-state index contributed by atoms with van der Waals surface area (Å²) in [5.74, 6) is 0. The molecule has 2 N–H and O–H groups in total. The molecule has 1 rings (SSSR count). The van der Waals surface area contributed by atoms with Crippen molar-refractivity contribution in [3.8, 4) is 0 Å². The van der Waals surface area contributed by atoms with Crippen LogP contribution in [0.25, 0.3) is 0 Å². The molecule has 0 aliphatic heterocycles. The molecule has 0 amide bonds. The Balaban J connectivity index is 2.73. The Bertz CT molecular complexity index is 324. The summed E-state index contributed by atoms with van der Waals surface area (Å²) in [6.45, 7) is 6.27. The van der Waals surface area contributed by atoms with Crippen molar-refractivity contribution >= 4 is 5.69 Å². The van der Waals surface area contributed by atoms with Gasteiger partial charge in [-0.1, -0.05) is 25.5 Å². The average Bonchev–Trinajstić information content (AvgIpc) is 2.43. The molecule has 1 atom stereocenters. The zero-order valence-corrected chi connectivity index (χ0v) is 11.8. The molecular weight excluding hydrogens is 224 g/mol. The van der Waals surface area contributed by atoms with Crippen molar-refractivity contribution < 1.29 is 5.11 Å². The van der Waals surface area contributed by atoms with Crippen LogP contribution in [0.5, 0.6) is 0 Å². The molecule has 0 aliphatic rings. The van der Waals surface area contributed by atoms with E-state index in [1.54, 1.807) is 0 Å². The zero-order chi connectivity index (χ0) is 13.4. The van der Waals surface area contributed by atoms with Crippen molar-refractivity contribution in [3.63, 3.8) is 0 Å². The first-order valence-corrected chi connectivity index (χ1v) is 6.86. The fourth-order valence-corrected chi connectivity index (χ4v) is 1.98. The zero-order valence-electron chi connectivity index (χ0n) is 11.8. The minimum atomic E-state index is 0.207. The van der Waals surface area contributed by atoms with E-state index in [4.69, 9.17) is 5.11 Å². The Hall–Kier alpha value is -1.06. The number of nitrogens with one attached hydrogen (secondary N) is 1. The van der Waals surface area contributed by atoms with Gasteiger partial charge in [0.15, 0.2) is 0 Å². The maximum Gasteiger partial charge on any atom is 0.0606 e. The summed E-state index contributed by atoms with van der Waals surface area (Å²) in [7, 11) is 1.97. The topological polar surface area (TPSA) is 35.5 Å². The second kappa shape index (κ2) is 8.11. The number of nitrogens with zero attached hydrogens (tertiary/aromatic N) is 1. The molecule has 18 heavy (non-hydrogen) atoms. The lowest BCUT2D eigenvalue weighted by atomic mass is 10.1. The number of benzene rings is 1. The van der Waals surface area contributed by atoms with E-state index in [1.807, 2.05) is 7.05 Å². The number of aliphatic hydroxyl groups excluding tert-OH is 1. The lowest BCUT2D eigenvalue weighted by Gasteiger charge is -2.24. The van der Waals surface area contributed by atoms with Gasteiger partial charge < -0.3 is 15.3 Å². The number of hydrogen-bond donors (Lipinski definition) is 2. The van der Waals surface area contributed by atoms with Gasteiger partial charge in [-0.15, -0.1) is 0 Å². The maximum atomic E-state index is 9.13. The maximum absolute atomic E-state index is 9.13. The van der Waals surface area contributed by atoms with Crippen LogP contribution in [0.2, 0.25) is 0 Å². The van der Waals surface area contributed by atoms with Gasteiger partial charge in [-0.2, -0.15) is 0 Å². The smallest absolute Gasteiger partial charge is 0.0606 e. The predicted octanol–water partition coefficient (Wildman–Crippen LogP) is 2.57. The van der Waals surface area contributed by atoms with Crippen molar-refractivity contribution in [1.29, 1.82) is 0 Å². The minimum absolute atomic E-state index is 0.207. The molecule has 1 aromatic rings. The molecule has 1 unspecified atom stereocenters. The summed E-state index contributed by atoms with van der Waals surface area (Å²) in [5, 5.41) is 12.4. The van der Waals surface area contributed by atoms with Gasteiger partial charge in [0.1, 0.15) is 0 Å². The predicted molar refractivity (Wildman–Crippen MR) is 78.1 cm³/mol. The summed E-state index contributed by atoms with van der Waals surface area (Å²) < 4.78 is 0. The van der Waals surface area contributed by atoms with E-state index in [1.165, 1.54) is 17.7 Å². The van der Waals surface area contributed by atoms with Crippen molar-refractivity contribution in [2.24, 2.45) is 0 Å². The van der Waals surface area contributed by atoms with Crippen molar-refractivity contribution in [1.82, 2.24) is 5.32 Å². The molecule has 102 valence electrons. The van der Waals surface area contributed by atoms with Crippen LogP contribution < -0.4 is 10.2 Å². The van der Waals surface area contributed by atoms with Gasteiger partial charge in [-0.25, -0.2) is 0 Å². The summed E-state index contributed by atoms with van der Waals surface area (Å²) in [5.41, 5.74) is 2.49. The standard InChI is InChI=1S/C15H26N2O/c1-4-5-10-17(11-12-18)15-8-6-14(7-9-15)13(2)16-3/h6-9,13,16,18H,4-5,10-12H2,1-3H3. The van der Waals surface area contributed by atoms with Crippen molar-refractivity contribution in [3.05, 3.63) is 29.8 Å². The largest absolute Gasteiger partial charge is 0.395 e. The third-order valence-electron chi connectivity index (χ3n) is 3.34. The van der Waals surface area contributed by atoms with Gasteiger partial charge >= 0.3 is 0 Å². The molecule has 0 fully saturated rings.